The summed E-state index contributed by atoms with van der Waals surface area (Å²) in [6.45, 7) is 4.03. The Hall–Kier alpha value is 0.500. The molecule has 0 aromatic rings. The molecule has 0 rings (SSSR count). The van der Waals surface area contributed by atoms with Crippen LogP contribution in [0.25, 0.3) is 0 Å². The topological polar surface area (TPSA) is 17.1 Å². The predicted octanol–water partition coefficient (Wildman–Crippen LogP) is 1.47. The van der Waals surface area contributed by atoms with E-state index in [9.17, 15) is 4.21 Å². The van der Waals surface area contributed by atoms with E-state index in [1.807, 2.05) is 6.92 Å². The minimum absolute atomic E-state index is 0.564. The molecular weight excluding hydrogens is 140 g/mol. The second-order valence-electron chi connectivity index (χ2n) is 1.34. The van der Waals surface area contributed by atoms with E-state index in [4.69, 9.17) is 0 Å². The van der Waals surface area contributed by atoms with Crippen molar-refractivity contribution in [3.8, 4) is 0 Å². The van der Waals surface area contributed by atoms with Crippen LogP contribution >= 0.6 is 11.8 Å². The molecule has 3 heteroatoms. The molecule has 0 N–H and O–H groups in total. The Morgan fingerprint density at radius 2 is 2.12 bits per heavy atom. The summed E-state index contributed by atoms with van der Waals surface area (Å²) in [5.74, 6) is 1.87. The highest BCUT2D eigenvalue weighted by Crippen LogP contribution is 2.00. The van der Waals surface area contributed by atoms with Gasteiger partial charge in [0.25, 0.3) is 0 Å². The van der Waals surface area contributed by atoms with Gasteiger partial charge in [0.15, 0.2) is 0 Å². The molecule has 1 nitrogen and oxygen atoms in total. The van der Waals surface area contributed by atoms with Crippen LogP contribution in [0.3, 0.4) is 0 Å². The van der Waals surface area contributed by atoms with Gasteiger partial charge in [-0.3, -0.25) is 4.21 Å². The summed E-state index contributed by atoms with van der Waals surface area (Å²) in [5.41, 5.74) is 0. The van der Waals surface area contributed by atoms with Gasteiger partial charge in [0.05, 0.1) is 5.08 Å². The molecule has 0 unspecified atom stereocenters. The third kappa shape index (κ3) is 4.65. The molecule has 0 aromatic heterocycles. The van der Waals surface area contributed by atoms with Crippen molar-refractivity contribution in [2.24, 2.45) is 0 Å². The fourth-order valence-electron chi connectivity index (χ4n) is 0.260. The molecule has 0 bridgehead atoms. The van der Waals surface area contributed by atoms with Crippen LogP contribution in [0.4, 0.5) is 0 Å². The van der Waals surface area contributed by atoms with Crippen molar-refractivity contribution >= 4 is 22.6 Å². The first-order valence-corrected chi connectivity index (χ1v) is 5.38. The summed E-state index contributed by atoms with van der Waals surface area (Å²) >= 11 is 1.74. The zero-order valence-corrected chi connectivity index (χ0v) is 6.98. The van der Waals surface area contributed by atoms with Crippen molar-refractivity contribution in [1.29, 1.82) is 0 Å². The van der Waals surface area contributed by atoms with Crippen LogP contribution in [-0.2, 0) is 10.8 Å². The van der Waals surface area contributed by atoms with Gasteiger partial charge in [0, 0.05) is 16.6 Å². The largest absolute Gasteiger partial charge is 0.259 e. The second kappa shape index (κ2) is 5.63. The summed E-state index contributed by atoms with van der Waals surface area (Å²) in [6.07, 6.45) is 0. The molecule has 0 aliphatic rings. The van der Waals surface area contributed by atoms with Crippen LogP contribution < -0.4 is 0 Å². The molecule has 0 aliphatic carbocycles. The van der Waals surface area contributed by atoms with Crippen molar-refractivity contribution < 1.29 is 4.21 Å². The van der Waals surface area contributed by atoms with Crippen LogP contribution in [0.1, 0.15) is 13.8 Å². The maximum Gasteiger partial charge on any atom is 0.0692 e. The lowest BCUT2D eigenvalue weighted by molar-refractivity contribution is 0.687. The highest BCUT2D eigenvalue weighted by Gasteiger charge is 1.91. The standard InChI is InChI=1S/C5H12OS2/c1-3-7-5-8(6)4-2/h3-5H2,1-2H3/t8-/m1/s1. The third-order valence-corrected chi connectivity index (χ3v) is 3.51. The van der Waals surface area contributed by atoms with Gasteiger partial charge in [-0.05, 0) is 5.75 Å². The number of rotatable bonds is 4. The summed E-state index contributed by atoms with van der Waals surface area (Å²) in [4.78, 5) is 0. The zero-order valence-electron chi connectivity index (χ0n) is 5.35. The average Bonchev–Trinajstić information content (AvgIpc) is 1.83. The van der Waals surface area contributed by atoms with Gasteiger partial charge in [0.1, 0.15) is 0 Å². The Bertz CT molecular complexity index is 72.8. The first-order chi connectivity index (χ1) is 3.81. The third-order valence-electron chi connectivity index (χ3n) is 0.741. The minimum atomic E-state index is -0.564. The summed E-state index contributed by atoms with van der Waals surface area (Å²) < 4.78 is 10.7. The van der Waals surface area contributed by atoms with Crippen molar-refractivity contribution in [2.45, 2.75) is 13.8 Å². The highest BCUT2D eigenvalue weighted by atomic mass is 32.2. The predicted molar refractivity (Wildman–Crippen MR) is 41.7 cm³/mol. The van der Waals surface area contributed by atoms with E-state index in [0.29, 0.717) is 0 Å². The maximum absolute atomic E-state index is 10.7. The minimum Gasteiger partial charge on any atom is -0.259 e. The van der Waals surface area contributed by atoms with Gasteiger partial charge in [-0.1, -0.05) is 13.8 Å². The van der Waals surface area contributed by atoms with E-state index in [1.165, 1.54) is 0 Å². The molecule has 0 fully saturated rings. The highest BCUT2D eigenvalue weighted by molar-refractivity contribution is 8.10. The quantitative estimate of drug-likeness (QED) is 0.607. The Balaban J connectivity index is 2.99. The molecule has 0 aromatic carbocycles. The molecule has 0 heterocycles. The van der Waals surface area contributed by atoms with Crippen LogP contribution in [0.2, 0.25) is 0 Å². The van der Waals surface area contributed by atoms with Gasteiger partial charge in [-0.2, -0.15) is 0 Å². The normalized spacial score (nSPS) is 13.8. The van der Waals surface area contributed by atoms with E-state index in [2.05, 4.69) is 6.92 Å². The molecule has 0 radical (unpaired) electrons. The Labute approximate surface area is 57.7 Å². The molecule has 50 valence electrons. The van der Waals surface area contributed by atoms with Crippen molar-refractivity contribution in [2.75, 3.05) is 16.6 Å². The average molecular weight is 152 g/mol. The van der Waals surface area contributed by atoms with Crippen LogP contribution in [-0.4, -0.2) is 20.8 Å². The Morgan fingerprint density at radius 3 is 2.50 bits per heavy atom. The van der Waals surface area contributed by atoms with E-state index in [-0.39, 0.29) is 0 Å². The van der Waals surface area contributed by atoms with Crippen molar-refractivity contribution in [3.63, 3.8) is 0 Å². The van der Waals surface area contributed by atoms with Gasteiger partial charge in [0.2, 0.25) is 0 Å². The summed E-state index contributed by atoms with van der Waals surface area (Å²) in [7, 11) is -0.564. The lowest BCUT2D eigenvalue weighted by Gasteiger charge is -1.93. The molecular formula is C5H12OS2. The molecule has 1 atom stereocenters. The smallest absolute Gasteiger partial charge is 0.0692 e. The zero-order chi connectivity index (χ0) is 6.41. The monoisotopic (exact) mass is 152 g/mol. The van der Waals surface area contributed by atoms with Gasteiger partial charge < -0.3 is 0 Å². The fourth-order valence-corrected chi connectivity index (χ4v) is 2.34. The van der Waals surface area contributed by atoms with Gasteiger partial charge >= 0.3 is 0 Å². The number of hydrogen-bond acceptors (Lipinski definition) is 2. The fraction of sp³-hybridized carbons (Fsp3) is 1.00. The lowest BCUT2D eigenvalue weighted by Crippen LogP contribution is -1.94. The number of hydrogen-bond donors (Lipinski definition) is 0. The van der Waals surface area contributed by atoms with Crippen LogP contribution in [0.5, 0.6) is 0 Å². The van der Waals surface area contributed by atoms with Crippen molar-refractivity contribution in [1.82, 2.24) is 0 Å². The molecule has 0 saturated heterocycles. The molecule has 0 spiro atoms. The molecule has 0 saturated carbocycles. The van der Waals surface area contributed by atoms with Crippen LogP contribution in [0.15, 0.2) is 0 Å². The molecule has 0 amide bonds. The molecule has 8 heavy (non-hydrogen) atoms. The first-order valence-electron chi connectivity index (χ1n) is 2.74. The first kappa shape index (κ1) is 8.50. The van der Waals surface area contributed by atoms with E-state index >= 15 is 0 Å². The van der Waals surface area contributed by atoms with E-state index in [0.717, 1.165) is 16.6 Å². The van der Waals surface area contributed by atoms with Crippen LogP contribution in [0, 0.1) is 0 Å². The summed E-state index contributed by atoms with van der Waals surface area (Å²) in [5, 5.41) is 0.812. The second-order valence-corrected chi connectivity index (χ2v) is 4.72. The Kier molecular flexibility index (Phi) is 5.99. The van der Waals surface area contributed by atoms with E-state index < -0.39 is 10.8 Å². The van der Waals surface area contributed by atoms with Crippen molar-refractivity contribution in [3.05, 3.63) is 0 Å². The lowest BCUT2D eigenvalue weighted by atomic mass is 11.0. The van der Waals surface area contributed by atoms with Gasteiger partial charge in [-0.15, -0.1) is 11.8 Å². The SMILES string of the molecule is CCSC[S@](=O)CC. The summed E-state index contributed by atoms with van der Waals surface area (Å²) in [6, 6.07) is 0. The number of thioether (sulfide) groups is 1. The maximum atomic E-state index is 10.7. The van der Waals surface area contributed by atoms with Gasteiger partial charge in [-0.25, -0.2) is 0 Å². The Morgan fingerprint density at radius 1 is 1.50 bits per heavy atom. The molecule has 0 aliphatic heterocycles. The van der Waals surface area contributed by atoms with E-state index in [1.54, 1.807) is 11.8 Å².